The summed E-state index contributed by atoms with van der Waals surface area (Å²) in [4.78, 5) is 16.3. The predicted molar refractivity (Wildman–Crippen MR) is 66.1 cm³/mol. The summed E-state index contributed by atoms with van der Waals surface area (Å²) in [5.41, 5.74) is 0.564. The Kier molecular flexibility index (Phi) is 3.64. The Labute approximate surface area is 101 Å². The summed E-state index contributed by atoms with van der Waals surface area (Å²) in [7, 11) is 2.07. The summed E-state index contributed by atoms with van der Waals surface area (Å²) in [5, 5.41) is 9.38. The molecule has 0 radical (unpaired) electrons. The van der Waals surface area contributed by atoms with Crippen molar-refractivity contribution in [2.45, 2.75) is 6.42 Å². The number of amides is 1. The minimum absolute atomic E-state index is 0.0104. The van der Waals surface area contributed by atoms with Gasteiger partial charge in [-0.3, -0.25) is 4.79 Å². The van der Waals surface area contributed by atoms with E-state index in [0.29, 0.717) is 5.56 Å². The molecule has 0 spiro atoms. The molecule has 0 aliphatic carbocycles. The molecule has 1 aromatic rings. The first-order chi connectivity index (χ1) is 8.16. The Morgan fingerprint density at radius 3 is 2.82 bits per heavy atom. The summed E-state index contributed by atoms with van der Waals surface area (Å²) in [5.74, 6) is 0.152. The van der Waals surface area contributed by atoms with Gasteiger partial charge in [-0.05, 0) is 38.2 Å². The molecule has 1 amide bonds. The predicted octanol–water partition coefficient (Wildman–Crippen LogP) is 1.17. The molecular formula is C13H18N2O2. The number of likely N-dealkylation sites (N-methyl/N-ethyl adjacent to an activating group) is 1. The number of benzene rings is 1. The van der Waals surface area contributed by atoms with E-state index in [-0.39, 0.29) is 11.7 Å². The quantitative estimate of drug-likeness (QED) is 0.793. The average molecular weight is 234 g/mol. The zero-order chi connectivity index (χ0) is 12.3. The monoisotopic (exact) mass is 234 g/mol. The molecule has 92 valence electrons. The van der Waals surface area contributed by atoms with Crippen LogP contribution in [0.4, 0.5) is 0 Å². The van der Waals surface area contributed by atoms with E-state index in [1.165, 1.54) is 6.07 Å². The fourth-order valence-corrected chi connectivity index (χ4v) is 2.07. The molecule has 1 N–H and O–H groups in total. The number of aromatic hydroxyl groups is 1. The van der Waals surface area contributed by atoms with Gasteiger partial charge in [0.15, 0.2) is 0 Å². The Balaban J connectivity index is 2.09. The topological polar surface area (TPSA) is 43.8 Å². The number of hydrogen-bond donors (Lipinski definition) is 1. The number of rotatable bonds is 1. The zero-order valence-electron chi connectivity index (χ0n) is 10.1. The summed E-state index contributed by atoms with van der Waals surface area (Å²) < 4.78 is 0. The number of phenolic OH excluding ortho intramolecular Hbond substituents is 1. The average Bonchev–Trinajstić information content (AvgIpc) is 2.53. The molecule has 0 saturated carbocycles. The molecule has 0 bridgehead atoms. The maximum atomic E-state index is 12.2. The normalized spacial score (nSPS) is 17.8. The molecule has 1 heterocycles. The molecule has 1 aliphatic rings. The highest BCUT2D eigenvalue weighted by atomic mass is 16.3. The third kappa shape index (κ3) is 2.97. The van der Waals surface area contributed by atoms with E-state index in [2.05, 4.69) is 11.9 Å². The van der Waals surface area contributed by atoms with Crippen LogP contribution in [0.1, 0.15) is 16.8 Å². The van der Waals surface area contributed by atoms with E-state index in [0.717, 1.165) is 32.6 Å². The molecule has 0 unspecified atom stereocenters. The fraction of sp³-hybridized carbons (Fsp3) is 0.462. The van der Waals surface area contributed by atoms with Crippen LogP contribution in [0.25, 0.3) is 0 Å². The van der Waals surface area contributed by atoms with Crippen molar-refractivity contribution in [3.8, 4) is 5.75 Å². The van der Waals surface area contributed by atoms with Crippen LogP contribution in [0, 0.1) is 0 Å². The van der Waals surface area contributed by atoms with Gasteiger partial charge in [0.1, 0.15) is 5.75 Å². The molecule has 4 heteroatoms. The van der Waals surface area contributed by atoms with Gasteiger partial charge in [0.25, 0.3) is 5.91 Å². The van der Waals surface area contributed by atoms with Gasteiger partial charge < -0.3 is 14.9 Å². The second kappa shape index (κ2) is 5.19. The van der Waals surface area contributed by atoms with Crippen LogP contribution in [0.15, 0.2) is 24.3 Å². The Bertz CT molecular complexity index is 406. The van der Waals surface area contributed by atoms with Crippen molar-refractivity contribution in [1.82, 2.24) is 9.80 Å². The molecule has 0 aromatic heterocycles. The molecule has 1 fully saturated rings. The molecule has 2 rings (SSSR count). The Morgan fingerprint density at radius 1 is 1.24 bits per heavy atom. The lowest BCUT2D eigenvalue weighted by molar-refractivity contribution is 0.0762. The molecule has 17 heavy (non-hydrogen) atoms. The van der Waals surface area contributed by atoms with Crippen molar-refractivity contribution in [1.29, 1.82) is 0 Å². The van der Waals surface area contributed by atoms with Gasteiger partial charge in [-0.25, -0.2) is 0 Å². The van der Waals surface area contributed by atoms with Crippen molar-refractivity contribution in [2.75, 3.05) is 33.2 Å². The molecule has 1 aliphatic heterocycles. The molecule has 0 atom stereocenters. The standard InChI is InChI=1S/C13H18N2O2/c1-14-6-3-7-15(9-8-14)13(17)11-4-2-5-12(16)10-11/h2,4-5,10,16H,3,6-9H2,1H3. The first-order valence-corrected chi connectivity index (χ1v) is 5.93. The largest absolute Gasteiger partial charge is 0.508 e. The lowest BCUT2D eigenvalue weighted by Gasteiger charge is -2.20. The SMILES string of the molecule is CN1CCCN(C(=O)c2cccc(O)c2)CC1. The number of phenols is 1. The highest BCUT2D eigenvalue weighted by Gasteiger charge is 2.18. The van der Waals surface area contributed by atoms with E-state index < -0.39 is 0 Å². The van der Waals surface area contributed by atoms with Crippen LogP contribution < -0.4 is 0 Å². The van der Waals surface area contributed by atoms with Gasteiger partial charge in [-0.2, -0.15) is 0 Å². The first kappa shape index (κ1) is 11.9. The lowest BCUT2D eigenvalue weighted by atomic mass is 10.2. The third-order valence-electron chi connectivity index (χ3n) is 3.10. The second-order valence-corrected chi connectivity index (χ2v) is 4.50. The smallest absolute Gasteiger partial charge is 0.254 e. The van der Waals surface area contributed by atoms with Crippen molar-refractivity contribution >= 4 is 5.91 Å². The third-order valence-corrected chi connectivity index (χ3v) is 3.10. The lowest BCUT2D eigenvalue weighted by Crippen LogP contribution is -2.34. The summed E-state index contributed by atoms with van der Waals surface area (Å²) in [6.45, 7) is 3.48. The second-order valence-electron chi connectivity index (χ2n) is 4.50. The summed E-state index contributed by atoms with van der Waals surface area (Å²) in [6.07, 6.45) is 1.00. The summed E-state index contributed by atoms with van der Waals surface area (Å²) in [6, 6.07) is 6.55. The van der Waals surface area contributed by atoms with Gasteiger partial charge in [0.2, 0.25) is 0 Å². The minimum atomic E-state index is 0.0104. The van der Waals surface area contributed by atoms with E-state index in [1.54, 1.807) is 18.2 Å². The van der Waals surface area contributed by atoms with Gasteiger partial charge >= 0.3 is 0 Å². The van der Waals surface area contributed by atoms with Crippen LogP contribution in [-0.2, 0) is 0 Å². The van der Waals surface area contributed by atoms with Gasteiger partial charge in [-0.15, -0.1) is 0 Å². The highest BCUT2D eigenvalue weighted by Crippen LogP contribution is 2.14. The number of nitrogens with zero attached hydrogens (tertiary/aromatic N) is 2. The molecule has 1 saturated heterocycles. The van der Waals surface area contributed by atoms with Gasteiger partial charge in [0.05, 0.1) is 0 Å². The van der Waals surface area contributed by atoms with Crippen LogP contribution in [-0.4, -0.2) is 54.0 Å². The maximum absolute atomic E-state index is 12.2. The number of hydrogen-bond acceptors (Lipinski definition) is 3. The highest BCUT2D eigenvalue weighted by molar-refractivity contribution is 5.94. The van der Waals surface area contributed by atoms with Crippen LogP contribution >= 0.6 is 0 Å². The number of carbonyl (C=O) groups is 1. The van der Waals surface area contributed by atoms with E-state index in [9.17, 15) is 9.90 Å². The Hall–Kier alpha value is -1.55. The van der Waals surface area contributed by atoms with Crippen molar-refractivity contribution in [2.24, 2.45) is 0 Å². The fourth-order valence-electron chi connectivity index (χ4n) is 2.07. The molecular weight excluding hydrogens is 216 g/mol. The minimum Gasteiger partial charge on any atom is -0.508 e. The Morgan fingerprint density at radius 2 is 2.06 bits per heavy atom. The van der Waals surface area contributed by atoms with Crippen LogP contribution in [0.5, 0.6) is 5.75 Å². The van der Waals surface area contributed by atoms with Crippen LogP contribution in [0.2, 0.25) is 0 Å². The van der Waals surface area contributed by atoms with Gasteiger partial charge in [-0.1, -0.05) is 6.07 Å². The van der Waals surface area contributed by atoms with Gasteiger partial charge in [0, 0.05) is 25.2 Å². The van der Waals surface area contributed by atoms with Crippen molar-refractivity contribution in [3.05, 3.63) is 29.8 Å². The van der Waals surface area contributed by atoms with Crippen LogP contribution in [0.3, 0.4) is 0 Å². The maximum Gasteiger partial charge on any atom is 0.254 e. The first-order valence-electron chi connectivity index (χ1n) is 5.93. The van der Waals surface area contributed by atoms with E-state index >= 15 is 0 Å². The molecule has 4 nitrogen and oxygen atoms in total. The van der Waals surface area contributed by atoms with Crippen molar-refractivity contribution < 1.29 is 9.90 Å². The number of carbonyl (C=O) groups excluding carboxylic acids is 1. The van der Waals surface area contributed by atoms with E-state index in [1.807, 2.05) is 4.90 Å². The van der Waals surface area contributed by atoms with Crippen molar-refractivity contribution in [3.63, 3.8) is 0 Å². The summed E-state index contributed by atoms with van der Waals surface area (Å²) >= 11 is 0. The molecule has 1 aromatic carbocycles. The van der Waals surface area contributed by atoms with E-state index in [4.69, 9.17) is 0 Å². The zero-order valence-corrected chi connectivity index (χ0v) is 10.1.